The Labute approximate surface area is 157 Å². The standard InChI is InChI=1S/C21H33N3O2/c1-18(2)24-13-14-26-17-20(24)15-21(25)23-10-6-9-22(11-12-23)16-19-7-4-3-5-8-19/h3-5,7-8,18,20H,6,9-17H2,1-2H3. The van der Waals surface area contributed by atoms with E-state index in [-0.39, 0.29) is 11.9 Å². The van der Waals surface area contributed by atoms with Crippen molar-refractivity contribution < 1.29 is 9.53 Å². The van der Waals surface area contributed by atoms with E-state index in [0.29, 0.717) is 19.1 Å². The molecule has 1 aromatic carbocycles. The Morgan fingerprint density at radius 3 is 2.69 bits per heavy atom. The number of hydrogen-bond donors (Lipinski definition) is 0. The molecular formula is C21H33N3O2. The number of amides is 1. The van der Waals surface area contributed by atoms with Crippen molar-refractivity contribution in [3.05, 3.63) is 35.9 Å². The van der Waals surface area contributed by atoms with E-state index < -0.39 is 0 Å². The van der Waals surface area contributed by atoms with Crippen LogP contribution in [-0.4, -0.2) is 78.6 Å². The number of rotatable bonds is 5. The summed E-state index contributed by atoms with van der Waals surface area (Å²) in [6, 6.07) is 11.3. The Morgan fingerprint density at radius 1 is 1.12 bits per heavy atom. The van der Waals surface area contributed by atoms with E-state index >= 15 is 0 Å². The molecular weight excluding hydrogens is 326 g/mol. The lowest BCUT2D eigenvalue weighted by molar-refractivity contribution is -0.134. The topological polar surface area (TPSA) is 36.0 Å². The lowest BCUT2D eigenvalue weighted by Gasteiger charge is -2.38. The van der Waals surface area contributed by atoms with Gasteiger partial charge in [0.1, 0.15) is 0 Å². The van der Waals surface area contributed by atoms with Crippen LogP contribution < -0.4 is 0 Å². The predicted octanol–water partition coefficient (Wildman–Crippen LogP) is 2.22. The molecule has 1 amide bonds. The van der Waals surface area contributed by atoms with Crippen LogP contribution in [0.4, 0.5) is 0 Å². The third kappa shape index (κ3) is 5.29. The second kappa shape index (κ2) is 9.49. The molecule has 5 heteroatoms. The van der Waals surface area contributed by atoms with Crippen LogP contribution in [0.3, 0.4) is 0 Å². The SMILES string of the molecule is CC(C)N1CCOCC1CC(=O)N1CCCN(Cc2ccccc2)CC1. The fraction of sp³-hybridized carbons (Fsp3) is 0.667. The fourth-order valence-corrected chi connectivity index (χ4v) is 4.07. The summed E-state index contributed by atoms with van der Waals surface area (Å²) in [5.41, 5.74) is 1.35. The largest absolute Gasteiger partial charge is 0.378 e. The van der Waals surface area contributed by atoms with Gasteiger partial charge >= 0.3 is 0 Å². The van der Waals surface area contributed by atoms with Crippen molar-refractivity contribution in [2.45, 2.75) is 45.3 Å². The van der Waals surface area contributed by atoms with Crippen LogP contribution in [0.25, 0.3) is 0 Å². The molecule has 0 aliphatic carbocycles. The smallest absolute Gasteiger partial charge is 0.224 e. The number of nitrogens with zero attached hydrogens (tertiary/aromatic N) is 3. The first-order valence-corrected chi connectivity index (χ1v) is 10.0. The van der Waals surface area contributed by atoms with E-state index in [0.717, 1.165) is 52.3 Å². The Balaban J connectivity index is 1.51. The van der Waals surface area contributed by atoms with Gasteiger partial charge in [0.2, 0.25) is 5.91 Å². The number of ether oxygens (including phenoxy) is 1. The van der Waals surface area contributed by atoms with Crippen LogP contribution in [0.2, 0.25) is 0 Å². The summed E-state index contributed by atoms with van der Waals surface area (Å²) in [6.07, 6.45) is 1.63. The molecule has 0 radical (unpaired) electrons. The van der Waals surface area contributed by atoms with E-state index in [2.05, 4.69) is 58.9 Å². The third-order valence-electron chi connectivity index (χ3n) is 5.54. The zero-order valence-corrected chi connectivity index (χ0v) is 16.3. The molecule has 0 N–H and O–H groups in total. The van der Waals surface area contributed by atoms with E-state index in [1.807, 2.05) is 0 Å². The first-order valence-electron chi connectivity index (χ1n) is 10.0. The van der Waals surface area contributed by atoms with Crippen molar-refractivity contribution in [3.8, 4) is 0 Å². The average Bonchev–Trinajstić information content (AvgIpc) is 2.88. The summed E-state index contributed by atoms with van der Waals surface area (Å²) < 4.78 is 5.64. The molecule has 2 fully saturated rings. The predicted molar refractivity (Wildman–Crippen MR) is 104 cm³/mol. The minimum absolute atomic E-state index is 0.222. The molecule has 3 rings (SSSR count). The molecule has 2 aliphatic rings. The first kappa shape index (κ1) is 19.3. The molecule has 2 aliphatic heterocycles. The maximum atomic E-state index is 12.9. The van der Waals surface area contributed by atoms with Crippen LogP contribution in [0.1, 0.15) is 32.3 Å². The van der Waals surface area contributed by atoms with Crippen LogP contribution in [0.5, 0.6) is 0 Å². The van der Waals surface area contributed by atoms with Gasteiger partial charge in [-0.25, -0.2) is 0 Å². The van der Waals surface area contributed by atoms with E-state index in [4.69, 9.17) is 4.74 Å². The molecule has 0 bridgehead atoms. The molecule has 2 saturated heterocycles. The van der Waals surface area contributed by atoms with E-state index in [9.17, 15) is 4.79 Å². The zero-order valence-electron chi connectivity index (χ0n) is 16.3. The highest BCUT2D eigenvalue weighted by molar-refractivity contribution is 5.77. The Morgan fingerprint density at radius 2 is 1.92 bits per heavy atom. The number of carbonyl (C=O) groups is 1. The number of benzene rings is 1. The lowest BCUT2D eigenvalue weighted by atomic mass is 10.1. The van der Waals surface area contributed by atoms with Gasteiger partial charge in [0.05, 0.1) is 13.2 Å². The van der Waals surface area contributed by atoms with Crippen molar-refractivity contribution in [1.82, 2.24) is 14.7 Å². The first-order chi connectivity index (χ1) is 12.6. The molecule has 2 heterocycles. The van der Waals surface area contributed by atoms with Gasteiger partial charge in [-0.15, -0.1) is 0 Å². The summed E-state index contributed by atoms with van der Waals surface area (Å²) in [5.74, 6) is 0.285. The van der Waals surface area contributed by atoms with Crippen LogP contribution in [-0.2, 0) is 16.1 Å². The Kier molecular flexibility index (Phi) is 7.06. The number of carbonyl (C=O) groups excluding carboxylic acids is 1. The molecule has 1 unspecified atom stereocenters. The van der Waals surface area contributed by atoms with Crippen molar-refractivity contribution in [1.29, 1.82) is 0 Å². The molecule has 0 saturated carbocycles. The van der Waals surface area contributed by atoms with Crippen molar-refractivity contribution >= 4 is 5.91 Å². The van der Waals surface area contributed by atoms with Gasteiger partial charge in [-0.2, -0.15) is 0 Å². The van der Waals surface area contributed by atoms with Gasteiger partial charge in [0, 0.05) is 57.8 Å². The summed E-state index contributed by atoms with van der Waals surface area (Å²) in [6.45, 7) is 11.5. The molecule has 5 nitrogen and oxygen atoms in total. The molecule has 0 aromatic heterocycles. The summed E-state index contributed by atoms with van der Waals surface area (Å²) >= 11 is 0. The molecule has 26 heavy (non-hydrogen) atoms. The van der Waals surface area contributed by atoms with Crippen LogP contribution in [0.15, 0.2) is 30.3 Å². The van der Waals surface area contributed by atoms with Crippen molar-refractivity contribution in [2.24, 2.45) is 0 Å². The minimum atomic E-state index is 0.222. The van der Waals surface area contributed by atoms with Crippen molar-refractivity contribution in [3.63, 3.8) is 0 Å². The second-order valence-electron chi connectivity index (χ2n) is 7.76. The monoisotopic (exact) mass is 359 g/mol. The molecule has 1 atom stereocenters. The highest BCUT2D eigenvalue weighted by Gasteiger charge is 2.29. The van der Waals surface area contributed by atoms with E-state index in [1.165, 1.54) is 5.56 Å². The molecule has 144 valence electrons. The lowest BCUT2D eigenvalue weighted by Crippen LogP contribution is -2.51. The van der Waals surface area contributed by atoms with Gasteiger partial charge in [0.15, 0.2) is 0 Å². The summed E-state index contributed by atoms with van der Waals surface area (Å²) in [7, 11) is 0. The maximum absolute atomic E-state index is 12.9. The molecule has 0 spiro atoms. The number of hydrogen-bond acceptors (Lipinski definition) is 4. The molecule has 1 aromatic rings. The van der Waals surface area contributed by atoms with E-state index in [1.54, 1.807) is 0 Å². The number of morpholine rings is 1. The van der Waals surface area contributed by atoms with Gasteiger partial charge in [-0.1, -0.05) is 30.3 Å². The summed E-state index contributed by atoms with van der Waals surface area (Å²) in [5, 5.41) is 0. The Hall–Kier alpha value is -1.43. The van der Waals surface area contributed by atoms with Crippen LogP contribution in [0, 0.1) is 0 Å². The normalized spacial score (nSPS) is 23.2. The van der Waals surface area contributed by atoms with Crippen molar-refractivity contribution in [2.75, 3.05) is 45.9 Å². The Bertz CT molecular complexity index is 564. The quantitative estimate of drug-likeness (QED) is 0.808. The third-order valence-corrected chi connectivity index (χ3v) is 5.54. The zero-order chi connectivity index (χ0) is 18.4. The van der Waals surface area contributed by atoms with Crippen LogP contribution >= 0.6 is 0 Å². The average molecular weight is 360 g/mol. The maximum Gasteiger partial charge on any atom is 0.224 e. The highest BCUT2D eigenvalue weighted by Crippen LogP contribution is 2.16. The second-order valence-corrected chi connectivity index (χ2v) is 7.76. The highest BCUT2D eigenvalue weighted by atomic mass is 16.5. The summed E-state index contributed by atoms with van der Waals surface area (Å²) in [4.78, 5) is 19.8. The van der Waals surface area contributed by atoms with Gasteiger partial charge in [-0.05, 0) is 25.8 Å². The van der Waals surface area contributed by atoms with Gasteiger partial charge < -0.3 is 9.64 Å². The van der Waals surface area contributed by atoms with Gasteiger partial charge in [0.25, 0.3) is 0 Å². The van der Waals surface area contributed by atoms with Gasteiger partial charge in [-0.3, -0.25) is 14.6 Å². The minimum Gasteiger partial charge on any atom is -0.378 e. The fourth-order valence-electron chi connectivity index (χ4n) is 4.07.